The quantitative estimate of drug-likeness (QED) is 0.624. The zero-order valence-corrected chi connectivity index (χ0v) is 15.1. The number of aromatic nitrogens is 4. The summed E-state index contributed by atoms with van der Waals surface area (Å²) in [5.74, 6) is -0.494. The number of nitrogens with zero attached hydrogens (tertiary/aromatic N) is 3. The predicted molar refractivity (Wildman–Crippen MR) is 101 cm³/mol. The fraction of sp³-hybridized carbons (Fsp3) is 0.350. The van der Waals surface area contributed by atoms with Crippen LogP contribution in [0.25, 0.3) is 0 Å². The zero-order valence-electron chi connectivity index (χ0n) is 15.1. The van der Waals surface area contributed by atoms with E-state index in [9.17, 15) is 9.90 Å². The van der Waals surface area contributed by atoms with Gasteiger partial charge in [0.05, 0.1) is 12.4 Å². The normalized spacial score (nSPS) is 15.9. The van der Waals surface area contributed by atoms with Crippen LogP contribution in [-0.2, 0) is 13.0 Å². The van der Waals surface area contributed by atoms with Crippen LogP contribution in [0.2, 0.25) is 0 Å². The van der Waals surface area contributed by atoms with Crippen molar-refractivity contribution in [3.05, 3.63) is 70.8 Å². The molecule has 27 heavy (non-hydrogen) atoms. The van der Waals surface area contributed by atoms with Gasteiger partial charge in [-0.15, -0.1) is 0 Å². The van der Waals surface area contributed by atoms with Gasteiger partial charge in [0.2, 0.25) is 0 Å². The van der Waals surface area contributed by atoms with Crippen molar-refractivity contribution in [1.29, 1.82) is 0 Å². The lowest BCUT2D eigenvalue weighted by atomic mass is 9.89. The van der Waals surface area contributed by atoms with Crippen molar-refractivity contribution in [3.63, 3.8) is 0 Å². The second-order valence-electron chi connectivity index (χ2n) is 7.10. The van der Waals surface area contributed by atoms with E-state index in [-0.39, 0.29) is 5.69 Å². The van der Waals surface area contributed by atoms with Gasteiger partial charge in [0.25, 0.3) is 0 Å². The van der Waals surface area contributed by atoms with Gasteiger partial charge >= 0.3 is 5.97 Å². The molecule has 4 rings (SSSR count). The number of carboxylic acids is 1. The smallest absolute Gasteiger partial charge is 0.354 e. The fourth-order valence-electron chi connectivity index (χ4n) is 3.87. The Kier molecular flexibility index (Phi) is 5.02. The number of benzene rings is 1. The summed E-state index contributed by atoms with van der Waals surface area (Å²) in [6.07, 6.45) is 6.51. The summed E-state index contributed by atoms with van der Waals surface area (Å²) in [5.41, 5.74) is 4.73. The van der Waals surface area contributed by atoms with Crippen molar-refractivity contribution < 1.29 is 9.90 Å². The minimum Gasteiger partial charge on any atom is -0.477 e. The molecule has 3 aromatic rings. The molecule has 3 N–H and O–H groups in total. The second-order valence-corrected chi connectivity index (χ2v) is 7.10. The van der Waals surface area contributed by atoms with Crippen LogP contribution in [0.4, 0.5) is 0 Å². The molecule has 1 aliphatic rings. The second kappa shape index (κ2) is 7.75. The number of piperidine rings is 1. The number of rotatable bonds is 6. The predicted octanol–water partition coefficient (Wildman–Crippen LogP) is 2.80. The van der Waals surface area contributed by atoms with E-state index >= 15 is 0 Å². The lowest BCUT2D eigenvalue weighted by Crippen LogP contribution is -2.33. The average Bonchev–Trinajstić information content (AvgIpc) is 3.33. The van der Waals surface area contributed by atoms with Crippen molar-refractivity contribution in [2.75, 3.05) is 13.1 Å². The highest BCUT2D eigenvalue weighted by atomic mass is 16.4. The first-order chi connectivity index (χ1) is 13.2. The van der Waals surface area contributed by atoms with E-state index in [1.165, 1.54) is 16.8 Å². The Hall–Kier alpha value is -2.93. The van der Waals surface area contributed by atoms with Gasteiger partial charge in [0.1, 0.15) is 5.69 Å². The third-order valence-corrected chi connectivity index (χ3v) is 5.31. The molecule has 7 nitrogen and oxygen atoms in total. The average molecular weight is 365 g/mol. The van der Waals surface area contributed by atoms with Gasteiger partial charge in [-0.3, -0.25) is 15.1 Å². The van der Waals surface area contributed by atoms with E-state index < -0.39 is 5.97 Å². The third kappa shape index (κ3) is 3.93. The number of hydrogen-bond acceptors (Lipinski definition) is 4. The molecule has 1 fully saturated rings. The summed E-state index contributed by atoms with van der Waals surface area (Å²) in [4.78, 5) is 13.5. The Morgan fingerprint density at radius 1 is 1.07 bits per heavy atom. The standard InChI is InChI=1S/C20H23N5O2/c26-20(27)19-17(12-22-24-19)13-25-8-6-15(7-9-25)18-16(11-21-23-18)10-14-4-2-1-3-5-14/h1-5,11-12,15H,6-10,13H2,(H,21,23)(H,22,24)(H,26,27). The topological polar surface area (TPSA) is 97.9 Å². The van der Waals surface area contributed by atoms with Crippen LogP contribution in [0, 0.1) is 0 Å². The van der Waals surface area contributed by atoms with Gasteiger partial charge in [-0.05, 0) is 37.1 Å². The van der Waals surface area contributed by atoms with E-state index in [2.05, 4.69) is 49.6 Å². The van der Waals surface area contributed by atoms with Crippen LogP contribution in [-0.4, -0.2) is 49.5 Å². The molecular formula is C20H23N5O2. The number of hydrogen-bond donors (Lipinski definition) is 3. The molecule has 0 saturated carbocycles. The zero-order chi connectivity index (χ0) is 18.6. The monoisotopic (exact) mass is 365 g/mol. The molecule has 0 amide bonds. The number of nitrogens with one attached hydrogen (secondary N) is 2. The minimum atomic E-state index is -0.958. The van der Waals surface area contributed by atoms with Crippen LogP contribution in [0.15, 0.2) is 42.7 Å². The van der Waals surface area contributed by atoms with Gasteiger partial charge in [0.15, 0.2) is 0 Å². The molecule has 1 aromatic carbocycles. The van der Waals surface area contributed by atoms with Gasteiger partial charge in [0, 0.05) is 30.1 Å². The highest BCUT2D eigenvalue weighted by Crippen LogP contribution is 2.30. The summed E-state index contributed by atoms with van der Waals surface area (Å²) in [6.45, 7) is 2.47. The van der Waals surface area contributed by atoms with Gasteiger partial charge in [-0.25, -0.2) is 4.79 Å². The van der Waals surface area contributed by atoms with Crippen LogP contribution < -0.4 is 0 Å². The van der Waals surface area contributed by atoms with Crippen LogP contribution >= 0.6 is 0 Å². The minimum absolute atomic E-state index is 0.191. The Balaban J connectivity index is 1.38. The van der Waals surface area contributed by atoms with Crippen LogP contribution in [0.5, 0.6) is 0 Å². The molecule has 3 heterocycles. The number of aromatic amines is 2. The van der Waals surface area contributed by atoms with E-state index in [4.69, 9.17) is 0 Å². The van der Waals surface area contributed by atoms with Crippen molar-refractivity contribution in [2.45, 2.75) is 31.7 Å². The molecule has 0 unspecified atom stereocenters. The third-order valence-electron chi connectivity index (χ3n) is 5.31. The van der Waals surface area contributed by atoms with Gasteiger partial charge in [-0.1, -0.05) is 30.3 Å². The van der Waals surface area contributed by atoms with Crippen molar-refractivity contribution in [3.8, 4) is 0 Å². The summed E-state index contributed by atoms with van der Waals surface area (Å²) in [7, 11) is 0. The van der Waals surface area contributed by atoms with Crippen LogP contribution in [0.3, 0.4) is 0 Å². The van der Waals surface area contributed by atoms with Crippen LogP contribution in [0.1, 0.15) is 51.6 Å². The molecule has 7 heteroatoms. The lowest BCUT2D eigenvalue weighted by molar-refractivity contribution is 0.0687. The van der Waals surface area contributed by atoms with Crippen molar-refractivity contribution in [1.82, 2.24) is 25.3 Å². The molecule has 0 bridgehead atoms. The van der Waals surface area contributed by atoms with E-state index in [0.717, 1.165) is 37.9 Å². The Bertz CT molecular complexity index is 894. The highest BCUT2D eigenvalue weighted by molar-refractivity contribution is 5.86. The first kappa shape index (κ1) is 17.5. The Morgan fingerprint density at radius 2 is 1.78 bits per heavy atom. The van der Waals surface area contributed by atoms with E-state index in [1.807, 2.05) is 12.3 Å². The summed E-state index contributed by atoms with van der Waals surface area (Å²) < 4.78 is 0. The molecule has 0 atom stereocenters. The van der Waals surface area contributed by atoms with Gasteiger partial charge in [-0.2, -0.15) is 10.2 Å². The van der Waals surface area contributed by atoms with E-state index in [0.29, 0.717) is 12.5 Å². The molecule has 1 aliphatic heterocycles. The molecule has 0 spiro atoms. The van der Waals surface area contributed by atoms with E-state index in [1.54, 1.807) is 6.20 Å². The highest BCUT2D eigenvalue weighted by Gasteiger charge is 2.25. The summed E-state index contributed by atoms with van der Waals surface area (Å²) in [5, 5.41) is 23.1. The number of H-pyrrole nitrogens is 2. The van der Waals surface area contributed by atoms with Gasteiger partial charge < -0.3 is 5.11 Å². The molecule has 0 radical (unpaired) electrons. The summed E-state index contributed by atoms with van der Waals surface area (Å²) in [6, 6.07) is 10.4. The molecule has 0 aliphatic carbocycles. The molecular weight excluding hydrogens is 342 g/mol. The first-order valence-electron chi connectivity index (χ1n) is 9.24. The SMILES string of the molecule is O=C(O)c1[nH]ncc1CN1CCC(c2[nH]ncc2Cc2ccccc2)CC1. The maximum atomic E-state index is 11.2. The Morgan fingerprint density at radius 3 is 2.52 bits per heavy atom. The number of carbonyl (C=O) groups is 1. The number of likely N-dealkylation sites (tertiary alicyclic amines) is 1. The molecule has 2 aromatic heterocycles. The maximum Gasteiger partial charge on any atom is 0.354 e. The fourth-order valence-corrected chi connectivity index (χ4v) is 3.87. The molecule has 140 valence electrons. The number of aromatic carboxylic acids is 1. The lowest BCUT2D eigenvalue weighted by Gasteiger charge is -2.31. The van der Waals surface area contributed by atoms with Crippen molar-refractivity contribution in [2.24, 2.45) is 0 Å². The van der Waals surface area contributed by atoms with Crippen molar-refractivity contribution >= 4 is 5.97 Å². The maximum absolute atomic E-state index is 11.2. The summed E-state index contributed by atoms with van der Waals surface area (Å²) >= 11 is 0. The largest absolute Gasteiger partial charge is 0.477 e. The number of carboxylic acid groups (broad SMARTS) is 1. The molecule has 1 saturated heterocycles. The first-order valence-corrected chi connectivity index (χ1v) is 9.24. The Labute approximate surface area is 157 Å².